The van der Waals surface area contributed by atoms with Crippen LogP contribution in [0, 0.1) is 13.8 Å². The average molecular weight is 307 g/mol. The molecule has 0 unspecified atom stereocenters. The summed E-state index contributed by atoms with van der Waals surface area (Å²) in [5.41, 5.74) is 3.53. The summed E-state index contributed by atoms with van der Waals surface area (Å²) >= 11 is 6.09. The maximum atomic E-state index is 5.92. The van der Waals surface area contributed by atoms with Gasteiger partial charge in [0.1, 0.15) is 17.4 Å². The number of ether oxygens (including phenoxy) is 1. The Labute approximate surface area is 130 Å². The Kier molecular flexibility index (Phi) is 5.11. The Morgan fingerprint density at radius 1 is 1.30 bits per heavy atom. The standard InChI is InChI=1S/C16H21NOS2/c1-10(2)16-14(9-19)20-15(17-16)8-18-13-7-11(3)5-6-12(13)4/h5-7,10,19H,8-9H2,1-4H3. The summed E-state index contributed by atoms with van der Waals surface area (Å²) in [5.74, 6) is 2.12. The predicted octanol–water partition coefficient (Wildman–Crippen LogP) is 4.89. The molecule has 0 N–H and O–H groups in total. The molecule has 1 aromatic carbocycles. The second-order valence-electron chi connectivity index (χ2n) is 5.29. The van der Waals surface area contributed by atoms with E-state index < -0.39 is 0 Å². The van der Waals surface area contributed by atoms with Crippen LogP contribution in [0.2, 0.25) is 0 Å². The Morgan fingerprint density at radius 3 is 2.65 bits per heavy atom. The summed E-state index contributed by atoms with van der Waals surface area (Å²) in [6.45, 7) is 9.00. The zero-order valence-corrected chi connectivity index (χ0v) is 14.1. The fraction of sp³-hybridized carbons (Fsp3) is 0.438. The lowest BCUT2D eigenvalue weighted by Gasteiger charge is -2.08. The van der Waals surface area contributed by atoms with Crippen molar-refractivity contribution in [2.24, 2.45) is 0 Å². The van der Waals surface area contributed by atoms with Gasteiger partial charge in [0.25, 0.3) is 0 Å². The quantitative estimate of drug-likeness (QED) is 0.794. The molecule has 0 aliphatic heterocycles. The highest BCUT2D eigenvalue weighted by atomic mass is 32.1. The molecule has 0 aliphatic rings. The highest BCUT2D eigenvalue weighted by molar-refractivity contribution is 7.79. The summed E-state index contributed by atoms with van der Waals surface area (Å²) in [7, 11) is 0. The summed E-state index contributed by atoms with van der Waals surface area (Å²) in [6.07, 6.45) is 0. The van der Waals surface area contributed by atoms with E-state index in [1.165, 1.54) is 10.4 Å². The first-order valence-electron chi connectivity index (χ1n) is 6.80. The number of thiazole rings is 1. The fourth-order valence-corrected chi connectivity index (χ4v) is 3.39. The van der Waals surface area contributed by atoms with Crippen LogP contribution in [-0.4, -0.2) is 4.98 Å². The minimum atomic E-state index is 0.433. The number of nitrogens with zero attached hydrogens (tertiary/aromatic N) is 1. The molecule has 2 aromatic rings. The molecule has 2 rings (SSSR count). The van der Waals surface area contributed by atoms with Crippen LogP contribution >= 0.6 is 24.0 Å². The lowest BCUT2D eigenvalue weighted by molar-refractivity contribution is 0.303. The highest BCUT2D eigenvalue weighted by Gasteiger charge is 2.13. The summed E-state index contributed by atoms with van der Waals surface area (Å²) in [6, 6.07) is 6.26. The number of hydrogen-bond donors (Lipinski definition) is 1. The lowest BCUT2D eigenvalue weighted by Crippen LogP contribution is -1.98. The number of benzene rings is 1. The molecule has 0 radical (unpaired) electrons. The molecule has 108 valence electrons. The number of aromatic nitrogens is 1. The predicted molar refractivity (Wildman–Crippen MR) is 89.1 cm³/mol. The van der Waals surface area contributed by atoms with Crippen molar-refractivity contribution in [3.63, 3.8) is 0 Å². The molecule has 1 heterocycles. The maximum absolute atomic E-state index is 5.92. The second kappa shape index (κ2) is 6.64. The third-order valence-electron chi connectivity index (χ3n) is 3.16. The lowest BCUT2D eigenvalue weighted by atomic mass is 10.1. The van der Waals surface area contributed by atoms with E-state index in [0.29, 0.717) is 12.5 Å². The Hall–Kier alpha value is -1.000. The SMILES string of the molecule is Cc1ccc(C)c(OCc2nc(C(C)C)c(CS)s2)c1. The molecule has 0 aliphatic carbocycles. The van der Waals surface area contributed by atoms with Crippen molar-refractivity contribution in [1.29, 1.82) is 0 Å². The van der Waals surface area contributed by atoms with Crippen LogP contribution in [0.4, 0.5) is 0 Å². The minimum Gasteiger partial charge on any atom is -0.486 e. The Bertz CT molecular complexity index is 590. The molecule has 20 heavy (non-hydrogen) atoms. The molecular formula is C16H21NOS2. The van der Waals surface area contributed by atoms with E-state index in [9.17, 15) is 0 Å². The van der Waals surface area contributed by atoms with Crippen molar-refractivity contribution in [2.75, 3.05) is 0 Å². The number of aryl methyl sites for hydroxylation is 2. The van der Waals surface area contributed by atoms with Crippen molar-refractivity contribution < 1.29 is 4.74 Å². The minimum absolute atomic E-state index is 0.433. The van der Waals surface area contributed by atoms with Gasteiger partial charge in [0.15, 0.2) is 0 Å². The molecule has 0 spiro atoms. The van der Waals surface area contributed by atoms with E-state index in [0.717, 1.165) is 27.8 Å². The van der Waals surface area contributed by atoms with Gasteiger partial charge in [-0.1, -0.05) is 26.0 Å². The number of hydrogen-bond acceptors (Lipinski definition) is 4. The van der Waals surface area contributed by atoms with E-state index >= 15 is 0 Å². The van der Waals surface area contributed by atoms with Gasteiger partial charge in [0.05, 0.1) is 5.69 Å². The summed E-state index contributed by atoms with van der Waals surface area (Å²) in [4.78, 5) is 5.95. The van der Waals surface area contributed by atoms with Crippen LogP contribution in [0.25, 0.3) is 0 Å². The van der Waals surface area contributed by atoms with Gasteiger partial charge in [-0.25, -0.2) is 4.98 Å². The third kappa shape index (κ3) is 3.55. The van der Waals surface area contributed by atoms with Crippen LogP contribution < -0.4 is 4.74 Å². The molecule has 2 nitrogen and oxygen atoms in total. The largest absolute Gasteiger partial charge is 0.486 e. The van der Waals surface area contributed by atoms with Crippen LogP contribution in [0.5, 0.6) is 5.75 Å². The highest BCUT2D eigenvalue weighted by Crippen LogP contribution is 2.28. The van der Waals surface area contributed by atoms with E-state index in [1.807, 2.05) is 0 Å². The van der Waals surface area contributed by atoms with Crippen LogP contribution in [0.1, 0.15) is 46.5 Å². The van der Waals surface area contributed by atoms with Gasteiger partial charge in [-0.15, -0.1) is 11.3 Å². The summed E-state index contributed by atoms with van der Waals surface area (Å²) in [5, 5.41) is 1.03. The fourth-order valence-electron chi connectivity index (χ4n) is 2.04. The maximum Gasteiger partial charge on any atom is 0.140 e. The molecule has 0 bridgehead atoms. The monoisotopic (exact) mass is 307 g/mol. The topological polar surface area (TPSA) is 22.1 Å². The molecule has 0 atom stereocenters. The Morgan fingerprint density at radius 2 is 2.05 bits per heavy atom. The average Bonchev–Trinajstić information content (AvgIpc) is 2.83. The molecule has 0 amide bonds. The summed E-state index contributed by atoms with van der Waals surface area (Å²) < 4.78 is 5.92. The van der Waals surface area contributed by atoms with E-state index in [1.54, 1.807) is 11.3 Å². The second-order valence-corrected chi connectivity index (χ2v) is 6.77. The molecule has 1 aromatic heterocycles. The van der Waals surface area contributed by atoms with Gasteiger partial charge in [-0.2, -0.15) is 12.6 Å². The molecule has 4 heteroatoms. The van der Waals surface area contributed by atoms with Gasteiger partial charge < -0.3 is 4.74 Å². The number of thiol groups is 1. The zero-order chi connectivity index (χ0) is 14.7. The normalized spacial score (nSPS) is 11.1. The van der Waals surface area contributed by atoms with Gasteiger partial charge in [0, 0.05) is 10.6 Å². The van der Waals surface area contributed by atoms with Crippen molar-refractivity contribution >= 4 is 24.0 Å². The van der Waals surface area contributed by atoms with Gasteiger partial charge in [-0.05, 0) is 37.0 Å². The molecular weight excluding hydrogens is 286 g/mol. The number of rotatable bonds is 5. The van der Waals surface area contributed by atoms with E-state index in [-0.39, 0.29) is 0 Å². The van der Waals surface area contributed by atoms with Gasteiger partial charge in [0.2, 0.25) is 0 Å². The molecule has 0 saturated heterocycles. The van der Waals surface area contributed by atoms with Gasteiger partial charge >= 0.3 is 0 Å². The van der Waals surface area contributed by atoms with Crippen LogP contribution in [0.3, 0.4) is 0 Å². The van der Waals surface area contributed by atoms with E-state index in [4.69, 9.17) is 9.72 Å². The van der Waals surface area contributed by atoms with Crippen LogP contribution in [0.15, 0.2) is 18.2 Å². The first-order chi connectivity index (χ1) is 9.51. The molecule has 0 saturated carbocycles. The van der Waals surface area contributed by atoms with Crippen molar-refractivity contribution in [1.82, 2.24) is 4.98 Å². The van der Waals surface area contributed by atoms with Crippen molar-refractivity contribution in [3.8, 4) is 5.75 Å². The smallest absolute Gasteiger partial charge is 0.140 e. The third-order valence-corrected chi connectivity index (χ3v) is 4.73. The molecule has 0 fully saturated rings. The van der Waals surface area contributed by atoms with Crippen molar-refractivity contribution in [3.05, 3.63) is 44.9 Å². The van der Waals surface area contributed by atoms with Crippen molar-refractivity contribution in [2.45, 2.75) is 46.0 Å². The van der Waals surface area contributed by atoms with Gasteiger partial charge in [-0.3, -0.25) is 0 Å². The zero-order valence-electron chi connectivity index (χ0n) is 12.4. The van der Waals surface area contributed by atoms with E-state index in [2.05, 4.69) is 58.5 Å². The Balaban J connectivity index is 2.13. The first-order valence-corrected chi connectivity index (χ1v) is 8.25. The first kappa shape index (κ1) is 15.4. The van der Waals surface area contributed by atoms with Crippen LogP contribution in [-0.2, 0) is 12.4 Å².